The van der Waals surface area contributed by atoms with Crippen molar-refractivity contribution in [3.63, 3.8) is 0 Å². The van der Waals surface area contributed by atoms with Gasteiger partial charge in [-0.05, 0) is 67.1 Å². The number of rotatable bonds is 7. The largest absolute Gasteiger partial charge is 0.492 e. The molecule has 2 aliphatic rings. The summed E-state index contributed by atoms with van der Waals surface area (Å²) in [6, 6.07) is 22.2. The van der Waals surface area contributed by atoms with E-state index in [2.05, 4.69) is 17.4 Å². The lowest BCUT2D eigenvalue weighted by atomic mass is 9.77. The van der Waals surface area contributed by atoms with Gasteiger partial charge in [0.1, 0.15) is 11.5 Å². The first-order chi connectivity index (χ1) is 18.9. The number of fused-ring (bicyclic) bond motifs is 3. The van der Waals surface area contributed by atoms with E-state index in [-0.39, 0.29) is 29.5 Å². The van der Waals surface area contributed by atoms with Crippen molar-refractivity contribution < 1.29 is 31.8 Å². The van der Waals surface area contributed by atoms with Gasteiger partial charge in [-0.2, -0.15) is 8.42 Å². The summed E-state index contributed by atoms with van der Waals surface area (Å²) < 4.78 is 51.7. The van der Waals surface area contributed by atoms with Crippen LogP contribution in [0.4, 0.5) is 4.79 Å². The minimum atomic E-state index is -4.48. The molecule has 3 aromatic carbocycles. The minimum Gasteiger partial charge on any atom is -0.449 e. The number of alkyl carbamates (subject to hydrolysis) is 1. The summed E-state index contributed by atoms with van der Waals surface area (Å²) in [4.78, 5) is 12.6. The number of amides is 1. The van der Waals surface area contributed by atoms with Crippen molar-refractivity contribution >= 4 is 29.4 Å². The fraction of sp³-hybridized carbons (Fsp3) is 0.300. The van der Waals surface area contributed by atoms with E-state index in [1.54, 1.807) is 18.2 Å². The van der Waals surface area contributed by atoms with Gasteiger partial charge in [-0.1, -0.05) is 72.8 Å². The van der Waals surface area contributed by atoms with E-state index in [0.29, 0.717) is 5.47 Å². The molecule has 40 heavy (non-hydrogen) atoms. The van der Waals surface area contributed by atoms with E-state index in [4.69, 9.17) is 14.0 Å². The Morgan fingerprint density at radius 3 is 2.02 bits per heavy atom. The molecular formula is C30H32BNO7S. The SMILES string of the molecule is CC1(C)OB(C(=Cc2ccccc2S(=O)(=O)O)CNC(=O)OCC2c3ccccc3-c3ccccc32)OC1(C)C. The van der Waals surface area contributed by atoms with Crippen molar-refractivity contribution in [2.45, 2.75) is 49.7 Å². The molecule has 10 heteroatoms. The number of carbonyl (C=O) groups is 1. The predicted octanol–water partition coefficient (Wildman–Crippen LogP) is 5.49. The topological polar surface area (TPSA) is 111 Å². The number of nitrogens with one attached hydrogen (secondary N) is 1. The Bertz CT molecular complexity index is 1520. The van der Waals surface area contributed by atoms with Crippen molar-refractivity contribution in [2.24, 2.45) is 0 Å². The number of carbonyl (C=O) groups excluding carboxylic acids is 1. The fourth-order valence-electron chi connectivity index (χ4n) is 5.05. The molecule has 1 saturated heterocycles. The fourth-order valence-corrected chi connectivity index (χ4v) is 5.73. The van der Waals surface area contributed by atoms with E-state index < -0.39 is 34.5 Å². The summed E-state index contributed by atoms with van der Waals surface area (Å²) in [5.74, 6) is -0.0853. The van der Waals surface area contributed by atoms with E-state index in [1.165, 1.54) is 12.1 Å². The van der Waals surface area contributed by atoms with Crippen LogP contribution in [0.15, 0.2) is 83.2 Å². The second-order valence-electron chi connectivity index (χ2n) is 11.0. The molecule has 5 rings (SSSR count). The van der Waals surface area contributed by atoms with Gasteiger partial charge in [-0.3, -0.25) is 4.55 Å². The molecule has 1 amide bonds. The average Bonchev–Trinajstić information content (AvgIpc) is 3.34. The lowest BCUT2D eigenvalue weighted by molar-refractivity contribution is 0.00578. The standard InChI is InChI=1S/C30H32BNO7S/c1-29(2)30(3,4)39-31(38-29)21(17-20-11-5-10-16-27(20)40(34,35)36)18-32-28(33)37-19-26-24-14-8-6-12-22(24)23-13-7-9-15-25(23)26/h5-17,26H,18-19H2,1-4H3,(H,32,33)(H,34,35,36). The van der Waals surface area contributed by atoms with Crippen LogP contribution in [0.3, 0.4) is 0 Å². The van der Waals surface area contributed by atoms with Gasteiger partial charge in [0.05, 0.1) is 11.2 Å². The zero-order valence-corrected chi connectivity index (χ0v) is 23.7. The molecule has 0 spiro atoms. The maximum atomic E-state index is 12.9. The Morgan fingerprint density at radius 1 is 0.925 bits per heavy atom. The summed E-state index contributed by atoms with van der Waals surface area (Å²) in [7, 11) is -5.35. The zero-order chi connectivity index (χ0) is 28.7. The molecule has 1 fully saturated rings. The zero-order valence-electron chi connectivity index (χ0n) is 22.9. The highest BCUT2D eigenvalue weighted by Gasteiger charge is 2.52. The summed E-state index contributed by atoms with van der Waals surface area (Å²) in [6.07, 6.45) is 0.918. The third-order valence-corrected chi connectivity index (χ3v) is 8.80. The molecule has 2 N–H and O–H groups in total. The third-order valence-electron chi connectivity index (χ3n) is 7.87. The van der Waals surface area contributed by atoms with Crippen LogP contribution in [0.1, 0.15) is 50.3 Å². The Morgan fingerprint density at radius 2 is 1.45 bits per heavy atom. The molecular weight excluding hydrogens is 529 g/mol. The van der Waals surface area contributed by atoms with Gasteiger partial charge in [-0.15, -0.1) is 0 Å². The monoisotopic (exact) mass is 561 g/mol. The molecule has 0 aromatic heterocycles. The first-order valence-electron chi connectivity index (χ1n) is 13.1. The molecule has 0 bridgehead atoms. The maximum Gasteiger partial charge on any atom is 0.492 e. The van der Waals surface area contributed by atoms with Crippen LogP contribution in [0.5, 0.6) is 0 Å². The van der Waals surface area contributed by atoms with E-state index >= 15 is 0 Å². The van der Waals surface area contributed by atoms with Crippen LogP contribution in [0, 0.1) is 0 Å². The summed E-state index contributed by atoms with van der Waals surface area (Å²) >= 11 is 0. The Balaban J connectivity index is 1.35. The summed E-state index contributed by atoms with van der Waals surface area (Å²) in [5, 5.41) is 2.76. The van der Waals surface area contributed by atoms with Crippen LogP contribution in [0.25, 0.3) is 17.2 Å². The van der Waals surface area contributed by atoms with Gasteiger partial charge in [-0.25, -0.2) is 4.79 Å². The number of hydrogen-bond donors (Lipinski definition) is 2. The highest BCUT2D eigenvalue weighted by molar-refractivity contribution is 7.85. The summed E-state index contributed by atoms with van der Waals surface area (Å²) in [6.45, 7) is 7.71. The van der Waals surface area contributed by atoms with Crippen molar-refractivity contribution in [2.75, 3.05) is 13.2 Å². The van der Waals surface area contributed by atoms with Gasteiger partial charge in [0.2, 0.25) is 0 Å². The molecule has 0 saturated carbocycles. The van der Waals surface area contributed by atoms with Crippen LogP contribution < -0.4 is 5.32 Å². The highest BCUT2D eigenvalue weighted by Crippen LogP contribution is 2.44. The van der Waals surface area contributed by atoms with Crippen molar-refractivity contribution in [3.05, 3.63) is 95.0 Å². The molecule has 0 radical (unpaired) electrons. The first kappa shape index (κ1) is 28.1. The number of hydrogen-bond acceptors (Lipinski definition) is 6. The average molecular weight is 561 g/mol. The molecule has 8 nitrogen and oxygen atoms in total. The molecule has 0 atom stereocenters. The molecule has 1 aliphatic heterocycles. The molecule has 1 aliphatic carbocycles. The van der Waals surface area contributed by atoms with Gasteiger partial charge in [0.15, 0.2) is 0 Å². The predicted molar refractivity (Wildman–Crippen MR) is 153 cm³/mol. The van der Waals surface area contributed by atoms with Crippen LogP contribution in [0.2, 0.25) is 0 Å². The van der Waals surface area contributed by atoms with Gasteiger partial charge >= 0.3 is 13.2 Å². The lowest BCUT2D eigenvalue weighted by Gasteiger charge is -2.32. The van der Waals surface area contributed by atoms with Crippen LogP contribution in [-0.2, 0) is 24.2 Å². The molecule has 1 heterocycles. The number of ether oxygens (including phenoxy) is 1. The third kappa shape index (κ3) is 5.45. The van der Waals surface area contributed by atoms with Gasteiger partial charge in [0.25, 0.3) is 10.1 Å². The molecule has 0 unspecified atom stereocenters. The highest BCUT2D eigenvalue weighted by atomic mass is 32.2. The van der Waals surface area contributed by atoms with E-state index in [9.17, 15) is 17.8 Å². The Hall–Kier alpha value is -3.44. The van der Waals surface area contributed by atoms with E-state index in [1.807, 2.05) is 64.1 Å². The second kappa shape index (κ2) is 10.5. The minimum absolute atomic E-state index is 0.0344. The summed E-state index contributed by atoms with van der Waals surface area (Å²) in [5.41, 5.74) is 3.86. The van der Waals surface area contributed by atoms with Crippen molar-refractivity contribution in [1.82, 2.24) is 5.32 Å². The van der Waals surface area contributed by atoms with E-state index in [0.717, 1.165) is 22.3 Å². The Kier molecular flexibility index (Phi) is 7.39. The molecule has 208 valence electrons. The smallest absolute Gasteiger partial charge is 0.449 e. The molecule has 3 aromatic rings. The Labute approximate surface area is 235 Å². The van der Waals surface area contributed by atoms with Crippen LogP contribution in [-0.4, -0.2) is 50.5 Å². The first-order valence-corrected chi connectivity index (χ1v) is 14.5. The van der Waals surface area contributed by atoms with Crippen LogP contribution >= 0.6 is 0 Å². The maximum absolute atomic E-state index is 12.9. The quantitative estimate of drug-likeness (QED) is 0.290. The lowest BCUT2D eigenvalue weighted by Crippen LogP contribution is -2.41. The number of benzene rings is 3. The van der Waals surface area contributed by atoms with Crippen molar-refractivity contribution in [3.8, 4) is 11.1 Å². The van der Waals surface area contributed by atoms with Crippen molar-refractivity contribution in [1.29, 1.82) is 0 Å². The van der Waals surface area contributed by atoms with Gasteiger partial charge < -0.3 is 19.4 Å². The second-order valence-corrected chi connectivity index (χ2v) is 12.4. The van der Waals surface area contributed by atoms with Gasteiger partial charge in [0, 0.05) is 12.5 Å². The normalized spacial score (nSPS) is 17.8.